The molecule has 4 rings (SSSR count). The van der Waals surface area contributed by atoms with Crippen molar-refractivity contribution in [2.75, 3.05) is 6.61 Å². The molecule has 144 valence electrons. The Morgan fingerprint density at radius 2 is 1.88 bits per heavy atom. The zero-order valence-electron chi connectivity index (χ0n) is 16.4. The summed E-state index contributed by atoms with van der Waals surface area (Å²) in [5.74, 6) is 0.507. The Morgan fingerprint density at radius 1 is 1.19 bits per heavy atom. The van der Waals surface area contributed by atoms with Crippen LogP contribution in [-0.4, -0.2) is 29.1 Å². The Bertz CT molecular complexity index is 684. The van der Waals surface area contributed by atoms with E-state index in [1.165, 1.54) is 0 Å². The fourth-order valence-corrected chi connectivity index (χ4v) is 7.66. The Labute approximate surface area is 156 Å². The van der Waals surface area contributed by atoms with Crippen LogP contribution in [-0.2, 0) is 14.3 Å². The first-order valence-corrected chi connectivity index (χ1v) is 10.3. The third-order valence-electron chi connectivity index (χ3n) is 8.80. The molecule has 0 unspecified atom stereocenters. The van der Waals surface area contributed by atoms with E-state index in [1.807, 2.05) is 6.92 Å². The smallest absolute Gasteiger partial charge is 0.312 e. The largest absolute Gasteiger partial charge is 0.466 e. The van der Waals surface area contributed by atoms with Crippen molar-refractivity contribution in [1.29, 1.82) is 0 Å². The van der Waals surface area contributed by atoms with E-state index in [9.17, 15) is 14.7 Å². The number of fused-ring (bicyclic) bond motifs is 3. The summed E-state index contributed by atoms with van der Waals surface area (Å²) in [4.78, 5) is 26.1. The molecule has 6 atom stereocenters. The zero-order chi connectivity index (χ0) is 19.0. The average Bonchev–Trinajstić information content (AvgIpc) is 2.72. The normalized spacial score (nSPS) is 50.2. The van der Waals surface area contributed by atoms with Crippen molar-refractivity contribution in [3.63, 3.8) is 0 Å². The lowest BCUT2D eigenvalue weighted by Crippen LogP contribution is -2.60. The summed E-state index contributed by atoms with van der Waals surface area (Å²) in [5, 5.41) is 10.9. The molecule has 0 amide bonds. The molecule has 4 fully saturated rings. The molecule has 2 bridgehead atoms. The lowest BCUT2D eigenvalue weighted by Gasteiger charge is -2.63. The second kappa shape index (κ2) is 5.43. The molecule has 4 aliphatic rings. The van der Waals surface area contributed by atoms with Gasteiger partial charge in [-0.15, -0.1) is 0 Å². The van der Waals surface area contributed by atoms with E-state index in [4.69, 9.17) is 4.74 Å². The van der Waals surface area contributed by atoms with Gasteiger partial charge in [0, 0.05) is 11.0 Å². The van der Waals surface area contributed by atoms with Gasteiger partial charge in [0.1, 0.15) is 0 Å². The van der Waals surface area contributed by atoms with E-state index in [0.717, 1.165) is 38.5 Å². The monoisotopic (exact) mass is 360 g/mol. The summed E-state index contributed by atoms with van der Waals surface area (Å²) in [6.45, 7) is 10.6. The van der Waals surface area contributed by atoms with Crippen LogP contribution < -0.4 is 0 Å². The number of rotatable bonds is 2. The van der Waals surface area contributed by atoms with Crippen LogP contribution in [0.3, 0.4) is 0 Å². The topological polar surface area (TPSA) is 63.6 Å². The number of hydrogen-bond acceptors (Lipinski definition) is 4. The molecule has 0 aliphatic heterocycles. The molecule has 1 N–H and O–H groups in total. The van der Waals surface area contributed by atoms with Crippen LogP contribution in [0.1, 0.15) is 72.1 Å². The van der Waals surface area contributed by atoms with Crippen LogP contribution in [0.15, 0.2) is 12.2 Å². The van der Waals surface area contributed by atoms with E-state index < -0.39 is 16.4 Å². The van der Waals surface area contributed by atoms with Gasteiger partial charge in [-0.05, 0) is 76.0 Å². The zero-order valence-corrected chi connectivity index (χ0v) is 16.4. The van der Waals surface area contributed by atoms with Crippen molar-refractivity contribution in [2.24, 2.45) is 28.1 Å². The standard InChI is InChI=1S/C22H32O4/c1-5-26-18(24)20(4)10-6-9-19(3)15(20)7-11-21-13-22(25,12-8-16(19)21)14(2)17(21)23/h15-16,25H,2,5-13H2,1,3-4H3/t15-,16-,19+,20+,21+,22-/m0/s1. The second-order valence-electron chi connectivity index (χ2n) is 9.85. The van der Waals surface area contributed by atoms with E-state index in [-0.39, 0.29) is 29.0 Å². The highest BCUT2D eigenvalue weighted by molar-refractivity contribution is 6.04. The molecule has 26 heavy (non-hydrogen) atoms. The van der Waals surface area contributed by atoms with Crippen LogP contribution in [0.2, 0.25) is 0 Å². The molecule has 4 nitrogen and oxygen atoms in total. The molecule has 0 heterocycles. The Kier molecular flexibility index (Phi) is 3.81. The number of carbonyl (C=O) groups is 2. The van der Waals surface area contributed by atoms with Crippen LogP contribution >= 0.6 is 0 Å². The molecule has 4 saturated carbocycles. The predicted molar refractivity (Wildman–Crippen MR) is 98.3 cm³/mol. The van der Waals surface area contributed by atoms with E-state index in [2.05, 4.69) is 20.4 Å². The summed E-state index contributed by atoms with van der Waals surface area (Å²) in [6, 6.07) is 0. The fourth-order valence-electron chi connectivity index (χ4n) is 7.66. The van der Waals surface area contributed by atoms with Gasteiger partial charge in [-0.2, -0.15) is 0 Å². The van der Waals surface area contributed by atoms with Crippen molar-refractivity contribution in [3.05, 3.63) is 12.2 Å². The van der Waals surface area contributed by atoms with Crippen molar-refractivity contribution in [3.8, 4) is 0 Å². The van der Waals surface area contributed by atoms with Gasteiger partial charge in [0.05, 0.1) is 17.6 Å². The highest BCUT2D eigenvalue weighted by Crippen LogP contribution is 2.71. The van der Waals surface area contributed by atoms with Crippen LogP contribution in [0.4, 0.5) is 0 Å². The molecule has 0 saturated heterocycles. The lowest BCUT2D eigenvalue weighted by molar-refractivity contribution is -0.190. The lowest BCUT2D eigenvalue weighted by atomic mass is 9.40. The number of hydrogen-bond donors (Lipinski definition) is 1. The fraction of sp³-hybridized carbons (Fsp3) is 0.818. The van der Waals surface area contributed by atoms with Crippen LogP contribution in [0.25, 0.3) is 0 Å². The molecule has 1 spiro atoms. The number of esters is 1. The van der Waals surface area contributed by atoms with Crippen molar-refractivity contribution in [2.45, 2.75) is 77.7 Å². The maximum atomic E-state index is 13.2. The Balaban J connectivity index is 1.75. The van der Waals surface area contributed by atoms with Gasteiger partial charge in [0.25, 0.3) is 0 Å². The first kappa shape index (κ1) is 18.2. The van der Waals surface area contributed by atoms with Gasteiger partial charge in [0.2, 0.25) is 0 Å². The molecule has 4 aliphatic carbocycles. The minimum Gasteiger partial charge on any atom is -0.466 e. The summed E-state index contributed by atoms with van der Waals surface area (Å²) in [7, 11) is 0. The Morgan fingerprint density at radius 3 is 2.58 bits per heavy atom. The third-order valence-corrected chi connectivity index (χ3v) is 8.80. The molecule has 4 heteroatoms. The molecule has 0 aromatic heterocycles. The predicted octanol–water partition coefficient (Wildman–Crippen LogP) is 3.81. The van der Waals surface area contributed by atoms with Crippen LogP contribution in [0, 0.1) is 28.1 Å². The van der Waals surface area contributed by atoms with Gasteiger partial charge in [-0.3, -0.25) is 9.59 Å². The number of ether oxygens (including phenoxy) is 1. The number of carbonyl (C=O) groups excluding carboxylic acids is 2. The van der Waals surface area contributed by atoms with Gasteiger partial charge >= 0.3 is 5.97 Å². The highest BCUT2D eigenvalue weighted by atomic mass is 16.5. The molecule has 0 aromatic rings. The summed E-state index contributed by atoms with van der Waals surface area (Å²) < 4.78 is 5.47. The first-order chi connectivity index (χ1) is 12.1. The minimum absolute atomic E-state index is 0.0559. The van der Waals surface area contributed by atoms with Crippen molar-refractivity contribution >= 4 is 11.8 Å². The van der Waals surface area contributed by atoms with E-state index in [0.29, 0.717) is 25.0 Å². The minimum atomic E-state index is -0.990. The quantitative estimate of drug-likeness (QED) is 0.601. The van der Waals surface area contributed by atoms with Gasteiger partial charge in [0.15, 0.2) is 5.78 Å². The molecule has 0 radical (unpaired) electrons. The number of aliphatic hydroxyl groups is 1. The highest BCUT2D eigenvalue weighted by Gasteiger charge is 2.71. The van der Waals surface area contributed by atoms with Gasteiger partial charge < -0.3 is 9.84 Å². The average molecular weight is 360 g/mol. The first-order valence-electron chi connectivity index (χ1n) is 10.3. The Hall–Kier alpha value is -1.16. The van der Waals surface area contributed by atoms with E-state index in [1.54, 1.807) is 0 Å². The van der Waals surface area contributed by atoms with Gasteiger partial charge in [-0.1, -0.05) is 19.9 Å². The summed E-state index contributed by atoms with van der Waals surface area (Å²) in [5.41, 5.74) is -1.53. The third kappa shape index (κ3) is 2.00. The molecule has 0 aromatic carbocycles. The number of Topliss-reactive ketones (excluding diaryl/α,β-unsaturated/α-hetero) is 1. The second-order valence-corrected chi connectivity index (χ2v) is 9.85. The molecular weight excluding hydrogens is 328 g/mol. The van der Waals surface area contributed by atoms with Crippen molar-refractivity contribution < 1.29 is 19.4 Å². The van der Waals surface area contributed by atoms with Gasteiger partial charge in [-0.25, -0.2) is 0 Å². The van der Waals surface area contributed by atoms with E-state index >= 15 is 0 Å². The maximum absolute atomic E-state index is 13.2. The SMILES string of the molecule is C=C1C(=O)[C@@]23CC[C@H]4[C@@](C)(CCC[C@@]4(C)C(=O)OCC)[C@@H]2CC[C@]1(O)C3. The summed E-state index contributed by atoms with van der Waals surface area (Å²) >= 11 is 0. The number of ketones is 1. The van der Waals surface area contributed by atoms with Crippen molar-refractivity contribution in [1.82, 2.24) is 0 Å². The van der Waals surface area contributed by atoms with Crippen LogP contribution in [0.5, 0.6) is 0 Å². The molecular formula is C22H32O4. The summed E-state index contributed by atoms with van der Waals surface area (Å²) in [6.07, 6.45) is 6.57. The maximum Gasteiger partial charge on any atom is 0.312 e.